The smallest absolute Gasteiger partial charge is 0.342 e. The third-order valence-corrected chi connectivity index (χ3v) is 3.65. The number of aryl methyl sites for hydroxylation is 1. The predicted octanol–water partition coefficient (Wildman–Crippen LogP) is 2.77. The van der Waals surface area contributed by atoms with Gasteiger partial charge in [0.1, 0.15) is 17.4 Å². The number of esters is 1. The molecule has 0 saturated carbocycles. The second-order valence-corrected chi connectivity index (χ2v) is 4.76. The van der Waals surface area contributed by atoms with E-state index in [0.29, 0.717) is 11.3 Å². The molecule has 0 bridgehead atoms. The maximum Gasteiger partial charge on any atom is 0.342 e. The molecule has 5 nitrogen and oxygen atoms in total. The number of carbonyl (C=O) groups excluding carboxylic acids is 1. The van der Waals surface area contributed by atoms with Gasteiger partial charge in [-0.05, 0) is 37.5 Å². The Morgan fingerprint density at radius 2 is 2.11 bits per heavy atom. The average Bonchev–Trinajstić information content (AvgIpc) is 2.85. The summed E-state index contributed by atoms with van der Waals surface area (Å²) in [5, 5.41) is 3.90. The fourth-order valence-corrected chi connectivity index (χ4v) is 2.32. The van der Waals surface area contributed by atoms with Crippen molar-refractivity contribution < 1.29 is 14.3 Å². The highest BCUT2D eigenvalue weighted by Gasteiger charge is 2.20. The first-order valence-electron chi connectivity index (χ1n) is 5.76. The van der Waals surface area contributed by atoms with Crippen LogP contribution >= 0.6 is 11.5 Å². The molecular formula is C13H14N2O3S. The quantitative estimate of drug-likeness (QED) is 0.805. The number of ether oxygens (including phenoxy) is 2. The minimum atomic E-state index is -0.419. The molecule has 0 aliphatic carbocycles. The Hall–Kier alpha value is -1.95. The van der Waals surface area contributed by atoms with E-state index in [4.69, 9.17) is 9.47 Å². The zero-order valence-electron chi connectivity index (χ0n) is 10.9. The molecule has 6 heteroatoms. The number of methoxy groups -OCH3 is 1. The van der Waals surface area contributed by atoms with Crippen molar-refractivity contribution in [1.82, 2.24) is 9.59 Å². The first-order chi connectivity index (χ1) is 9.13. The highest BCUT2D eigenvalue weighted by molar-refractivity contribution is 7.05. The number of hydrogen-bond donors (Lipinski definition) is 0. The van der Waals surface area contributed by atoms with E-state index in [1.165, 1.54) is 18.6 Å². The minimum absolute atomic E-state index is 0.377. The van der Waals surface area contributed by atoms with Crippen molar-refractivity contribution in [3.63, 3.8) is 0 Å². The predicted molar refractivity (Wildman–Crippen MR) is 71.5 cm³/mol. The van der Waals surface area contributed by atoms with Crippen molar-refractivity contribution in [2.24, 2.45) is 0 Å². The van der Waals surface area contributed by atoms with Gasteiger partial charge in [-0.25, -0.2) is 4.79 Å². The van der Waals surface area contributed by atoms with Crippen molar-refractivity contribution in [2.75, 3.05) is 7.11 Å². The van der Waals surface area contributed by atoms with Crippen LogP contribution in [0.3, 0.4) is 0 Å². The van der Waals surface area contributed by atoms with E-state index < -0.39 is 5.97 Å². The van der Waals surface area contributed by atoms with Crippen LogP contribution < -0.4 is 4.74 Å². The molecule has 2 rings (SSSR count). The first-order valence-corrected chi connectivity index (χ1v) is 6.53. The number of rotatable bonds is 4. The van der Waals surface area contributed by atoms with Gasteiger partial charge in [-0.1, -0.05) is 16.6 Å². The van der Waals surface area contributed by atoms with E-state index in [1.54, 1.807) is 31.2 Å². The van der Waals surface area contributed by atoms with Crippen LogP contribution in [0.1, 0.15) is 34.0 Å². The molecule has 0 saturated heterocycles. The Morgan fingerprint density at radius 3 is 2.74 bits per heavy atom. The van der Waals surface area contributed by atoms with Gasteiger partial charge in [0.2, 0.25) is 0 Å². The fraction of sp³-hybridized carbons (Fsp3) is 0.308. The van der Waals surface area contributed by atoms with Crippen LogP contribution in [0.15, 0.2) is 24.3 Å². The molecule has 2 aromatic rings. The van der Waals surface area contributed by atoms with E-state index in [1.807, 2.05) is 6.92 Å². The monoisotopic (exact) mass is 278 g/mol. The van der Waals surface area contributed by atoms with Gasteiger partial charge in [-0.2, -0.15) is 0 Å². The van der Waals surface area contributed by atoms with E-state index >= 15 is 0 Å². The molecule has 100 valence electrons. The van der Waals surface area contributed by atoms with Crippen molar-refractivity contribution >= 4 is 17.5 Å². The zero-order chi connectivity index (χ0) is 13.8. The van der Waals surface area contributed by atoms with Gasteiger partial charge in [-0.15, -0.1) is 5.10 Å². The van der Waals surface area contributed by atoms with Gasteiger partial charge in [-0.3, -0.25) is 0 Å². The van der Waals surface area contributed by atoms with Crippen molar-refractivity contribution in [1.29, 1.82) is 0 Å². The Balaban J connectivity index is 2.15. The second-order valence-electron chi connectivity index (χ2n) is 3.97. The van der Waals surface area contributed by atoms with E-state index in [2.05, 4.69) is 9.59 Å². The summed E-state index contributed by atoms with van der Waals surface area (Å²) in [7, 11) is 1.52. The maximum absolute atomic E-state index is 12.1. The lowest BCUT2D eigenvalue weighted by molar-refractivity contribution is 0.0340. The number of para-hydroxylation sites is 1. The molecule has 19 heavy (non-hydrogen) atoms. The Labute approximate surface area is 115 Å². The second kappa shape index (κ2) is 5.79. The van der Waals surface area contributed by atoms with E-state index in [9.17, 15) is 4.79 Å². The topological polar surface area (TPSA) is 61.3 Å². The molecular weight excluding hydrogens is 264 g/mol. The standard InChI is InChI=1S/C13H14N2O3S/c1-8-12(19-15-14-8)9(2)18-13(16)10-6-4-5-7-11(10)17-3/h4-7,9H,1-3H3. The number of nitrogens with zero attached hydrogens (tertiary/aromatic N) is 2. The summed E-state index contributed by atoms with van der Waals surface area (Å²) in [5.41, 5.74) is 1.19. The highest BCUT2D eigenvalue weighted by Crippen LogP contribution is 2.26. The maximum atomic E-state index is 12.1. The normalized spacial score (nSPS) is 11.9. The summed E-state index contributed by atoms with van der Waals surface area (Å²) in [4.78, 5) is 13.0. The summed E-state index contributed by atoms with van der Waals surface area (Å²) < 4.78 is 14.4. The summed E-state index contributed by atoms with van der Waals surface area (Å²) >= 11 is 1.24. The number of hydrogen-bond acceptors (Lipinski definition) is 6. The zero-order valence-corrected chi connectivity index (χ0v) is 11.7. The molecule has 1 aromatic heterocycles. The number of aromatic nitrogens is 2. The lowest BCUT2D eigenvalue weighted by atomic mass is 10.2. The van der Waals surface area contributed by atoms with Crippen LogP contribution in [0, 0.1) is 6.92 Å². The van der Waals surface area contributed by atoms with Gasteiger partial charge in [0.05, 0.1) is 17.7 Å². The molecule has 0 amide bonds. The summed E-state index contributed by atoms with van der Waals surface area (Å²) in [5.74, 6) is 0.0802. The highest BCUT2D eigenvalue weighted by atomic mass is 32.1. The minimum Gasteiger partial charge on any atom is -0.496 e. The summed E-state index contributed by atoms with van der Waals surface area (Å²) in [6.45, 7) is 3.64. The molecule has 0 fully saturated rings. The SMILES string of the molecule is COc1ccccc1C(=O)OC(C)c1snnc1C. The Bertz CT molecular complexity index is 583. The Kier molecular flexibility index (Phi) is 4.11. The Morgan fingerprint density at radius 1 is 1.37 bits per heavy atom. The van der Waals surface area contributed by atoms with Gasteiger partial charge in [0, 0.05) is 0 Å². The van der Waals surface area contributed by atoms with Gasteiger partial charge >= 0.3 is 5.97 Å². The molecule has 1 unspecified atom stereocenters. The lowest BCUT2D eigenvalue weighted by Crippen LogP contribution is -2.10. The van der Waals surface area contributed by atoms with Crippen LogP contribution in [0.4, 0.5) is 0 Å². The lowest BCUT2D eigenvalue weighted by Gasteiger charge is -2.13. The third kappa shape index (κ3) is 2.90. The summed E-state index contributed by atoms with van der Waals surface area (Å²) in [6.07, 6.45) is -0.377. The average molecular weight is 278 g/mol. The van der Waals surface area contributed by atoms with E-state index in [-0.39, 0.29) is 6.10 Å². The number of benzene rings is 1. The van der Waals surface area contributed by atoms with Crippen molar-refractivity contribution in [3.8, 4) is 5.75 Å². The molecule has 0 spiro atoms. The van der Waals surface area contributed by atoms with Crippen molar-refractivity contribution in [2.45, 2.75) is 20.0 Å². The molecule has 0 aliphatic rings. The molecule has 0 N–H and O–H groups in total. The van der Waals surface area contributed by atoms with Crippen LogP contribution in [0.25, 0.3) is 0 Å². The van der Waals surface area contributed by atoms with Crippen LogP contribution in [-0.2, 0) is 4.74 Å². The molecule has 1 heterocycles. The van der Waals surface area contributed by atoms with Gasteiger partial charge in [0.15, 0.2) is 0 Å². The number of carbonyl (C=O) groups is 1. The summed E-state index contributed by atoms with van der Waals surface area (Å²) in [6, 6.07) is 6.96. The van der Waals surface area contributed by atoms with Crippen molar-refractivity contribution in [3.05, 3.63) is 40.4 Å². The van der Waals surface area contributed by atoms with Crippen LogP contribution in [0.5, 0.6) is 5.75 Å². The first kappa shape index (κ1) is 13.5. The van der Waals surface area contributed by atoms with Gasteiger partial charge < -0.3 is 9.47 Å². The third-order valence-electron chi connectivity index (χ3n) is 2.67. The molecule has 0 radical (unpaired) electrons. The fourth-order valence-electron chi connectivity index (χ4n) is 1.70. The molecule has 1 atom stereocenters. The molecule has 0 aliphatic heterocycles. The van der Waals surface area contributed by atoms with Crippen LogP contribution in [0.2, 0.25) is 0 Å². The van der Waals surface area contributed by atoms with E-state index in [0.717, 1.165) is 10.6 Å². The van der Waals surface area contributed by atoms with Crippen LogP contribution in [-0.4, -0.2) is 22.7 Å². The largest absolute Gasteiger partial charge is 0.496 e. The van der Waals surface area contributed by atoms with Gasteiger partial charge in [0.25, 0.3) is 0 Å². The molecule has 1 aromatic carbocycles.